The zero-order chi connectivity index (χ0) is 11.4. The summed E-state index contributed by atoms with van der Waals surface area (Å²) in [4.78, 5) is 6.83. The Kier molecular flexibility index (Phi) is 3.78. The molecule has 1 atom stereocenters. The molecule has 1 unspecified atom stereocenters. The van der Waals surface area contributed by atoms with Crippen molar-refractivity contribution in [3.63, 3.8) is 0 Å². The molecule has 0 aliphatic carbocycles. The van der Waals surface area contributed by atoms with Gasteiger partial charge in [-0.15, -0.1) is 0 Å². The number of anilines is 1. The quantitative estimate of drug-likeness (QED) is 0.840. The van der Waals surface area contributed by atoms with E-state index < -0.39 is 0 Å². The van der Waals surface area contributed by atoms with Gasteiger partial charge in [-0.2, -0.15) is 0 Å². The van der Waals surface area contributed by atoms with Gasteiger partial charge in [0.2, 0.25) is 0 Å². The summed E-state index contributed by atoms with van der Waals surface area (Å²) in [5.41, 5.74) is 2.45. The molecular formula is C13H21N3. The minimum absolute atomic E-state index is 0.846. The van der Waals surface area contributed by atoms with Crippen LogP contribution >= 0.6 is 0 Å². The van der Waals surface area contributed by atoms with E-state index in [1.165, 1.54) is 31.6 Å². The Labute approximate surface area is 97.9 Å². The minimum Gasteiger partial charge on any atom is -0.371 e. The molecule has 1 N–H and O–H groups in total. The third-order valence-corrected chi connectivity index (χ3v) is 3.39. The van der Waals surface area contributed by atoms with Crippen molar-refractivity contribution >= 4 is 5.69 Å². The molecule has 1 aromatic heterocycles. The van der Waals surface area contributed by atoms with Gasteiger partial charge in [-0.3, -0.25) is 4.98 Å². The van der Waals surface area contributed by atoms with Crippen molar-refractivity contribution in [3.8, 4) is 0 Å². The molecule has 3 nitrogen and oxygen atoms in total. The maximum absolute atomic E-state index is 4.35. The predicted octanol–water partition coefficient (Wildman–Crippen LogP) is 2.04. The highest BCUT2D eigenvalue weighted by Gasteiger charge is 2.21. The number of hydrogen-bond donors (Lipinski definition) is 1. The van der Waals surface area contributed by atoms with E-state index in [4.69, 9.17) is 0 Å². The second kappa shape index (κ2) is 5.30. The molecule has 1 aliphatic heterocycles. The Bertz CT molecular complexity index is 338. The first-order valence-electron chi connectivity index (χ1n) is 6.18. The second-order valence-corrected chi connectivity index (χ2v) is 4.54. The van der Waals surface area contributed by atoms with Crippen LogP contribution in [0.2, 0.25) is 0 Å². The molecule has 0 amide bonds. The van der Waals surface area contributed by atoms with Gasteiger partial charge in [-0.25, -0.2) is 0 Å². The summed E-state index contributed by atoms with van der Waals surface area (Å²) in [7, 11) is 1.96. The van der Waals surface area contributed by atoms with E-state index in [2.05, 4.69) is 34.3 Å². The summed E-state index contributed by atoms with van der Waals surface area (Å²) < 4.78 is 0. The lowest BCUT2D eigenvalue weighted by atomic mass is 10.1. The first-order valence-corrected chi connectivity index (χ1v) is 6.18. The van der Waals surface area contributed by atoms with Gasteiger partial charge in [-0.1, -0.05) is 13.3 Å². The normalized spacial score (nSPS) is 20.4. The SMILES string of the molecule is CCC1CCN(c2ccnc(CNC)c2)C1. The van der Waals surface area contributed by atoms with E-state index >= 15 is 0 Å². The summed E-state index contributed by atoms with van der Waals surface area (Å²) in [6.07, 6.45) is 4.55. The highest BCUT2D eigenvalue weighted by Crippen LogP contribution is 2.25. The van der Waals surface area contributed by atoms with Gasteiger partial charge in [0.05, 0.1) is 5.69 Å². The standard InChI is InChI=1S/C13H21N3/c1-3-11-5-7-16(10-11)13-4-6-15-12(8-13)9-14-2/h4,6,8,11,14H,3,5,7,9-10H2,1-2H3. The van der Waals surface area contributed by atoms with Crippen molar-refractivity contribution in [2.24, 2.45) is 5.92 Å². The Morgan fingerprint density at radius 1 is 1.56 bits per heavy atom. The van der Waals surface area contributed by atoms with Crippen molar-refractivity contribution < 1.29 is 0 Å². The Hall–Kier alpha value is -1.09. The van der Waals surface area contributed by atoms with Crippen molar-refractivity contribution in [2.45, 2.75) is 26.3 Å². The molecule has 1 fully saturated rings. The zero-order valence-corrected chi connectivity index (χ0v) is 10.2. The van der Waals surface area contributed by atoms with Crippen molar-refractivity contribution in [1.82, 2.24) is 10.3 Å². The fourth-order valence-electron chi connectivity index (χ4n) is 2.34. The van der Waals surface area contributed by atoms with Gasteiger partial charge >= 0.3 is 0 Å². The van der Waals surface area contributed by atoms with E-state index in [0.29, 0.717) is 0 Å². The van der Waals surface area contributed by atoms with Crippen LogP contribution in [0.1, 0.15) is 25.5 Å². The third-order valence-electron chi connectivity index (χ3n) is 3.39. The molecule has 16 heavy (non-hydrogen) atoms. The van der Waals surface area contributed by atoms with Gasteiger partial charge in [-0.05, 0) is 31.5 Å². The lowest BCUT2D eigenvalue weighted by molar-refractivity contribution is 0.569. The molecule has 2 heterocycles. The van der Waals surface area contributed by atoms with Crippen molar-refractivity contribution in [2.75, 3.05) is 25.0 Å². The van der Waals surface area contributed by atoms with E-state index in [1.807, 2.05) is 13.2 Å². The summed E-state index contributed by atoms with van der Waals surface area (Å²) in [6, 6.07) is 4.33. The number of pyridine rings is 1. The van der Waals surface area contributed by atoms with Crippen LogP contribution in [0.5, 0.6) is 0 Å². The molecule has 2 rings (SSSR count). The van der Waals surface area contributed by atoms with Gasteiger partial charge in [0.15, 0.2) is 0 Å². The highest BCUT2D eigenvalue weighted by molar-refractivity contribution is 5.47. The topological polar surface area (TPSA) is 28.2 Å². The van der Waals surface area contributed by atoms with Crippen LogP contribution in [0.4, 0.5) is 5.69 Å². The van der Waals surface area contributed by atoms with Gasteiger partial charge in [0.1, 0.15) is 0 Å². The summed E-state index contributed by atoms with van der Waals surface area (Å²) in [6.45, 7) is 5.53. The van der Waals surface area contributed by atoms with Crippen LogP contribution in [-0.4, -0.2) is 25.1 Å². The Morgan fingerprint density at radius 3 is 3.12 bits per heavy atom. The summed E-state index contributed by atoms with van der Waals surface area (Å²) in [5, 5.41) is 3.14. The average molecular weight is 219 g/mol. The summed E-state index contributed by atoms with van der Waals surface area (Å²) >= 11 is 0. The second-order valence-electron chi connectivity index (χ2n) is 4.54. The third kappa shape index (κ3) is 2.53. The maximum Gasteiger partial charge on any atom is 0.0562 e. The molecular weight excluding hydrogens is 198 g/mol. The van der Waals surface area contributed by atoms with Crippen LogP contribution in [-0.2, 0) is 6.54 Å². The highest BCUT2D eigenvalue weighted by atomic mass is 15.2. The number of rotatable bonds is 4. The van der Waals surface area contributed by atoms with Crippen LogP contribution in [0.25, 0.3) is 0 Å². The van der Waals surface area contributed by atoms with Crippen molar-refractivity contribution in [1.29, 1.82) is 0 Å². The molecule has 3 heteroatoms. The number of hydrogen-bond acceptors (Lipinski definition) is 3. The minimum atomic E-state index is 0.846. The average Bonchev–Trinajstić information content (AvgIpc) is 2.78. The molecule has 0 radical (unpaired) electrons. The van der Waals surface area contributed by atoms with E-state index in [9.17, 15) is 0 Å². The number of nitrogens with one attached hydrogen (secondary N) is 1. The monoisotopic (exact) mass is 219 g/mol. The fourth-order valence-corrected chi connectivity index (χ4v) is 2.34. The van der Waals surface area contributed by atoms with Crippen LogP contribution in [0.15, 0.2) is 18.3 Å². The molecule has 1 aromatic rings. The van der Waals surface area contributed by atoms with E-state index in [-0.39, 0.29) is 0 Å². The van der Waals surface area contributed by atoms with E-state index in [0.717, 1.165) is 18.2 Å². The lowest BCUT2D eigenvalue weighted by Gasteiger charge is -2.19. The van der Waals surface area contributed by atoms with Crippen LogP contribution in [0, 0.1) is 5.92 Å². The maximum atomic E-state index is 4.35. The van der Waals surface area contributed by atoms with E-state index in [1.54, 1.807) is 0 Å². The Balaban J connectivity index is 2.06. The molecule has 88 valence electrons. The first-order chi connectivity index (χ1) is 7.83. The van der Waals surface area contributed by atoms with Gasteiger partial charge in [0, 0.05) is 31.5 Å². The molecule has 0 bridgehead atoms. The molecule has 0 aromatic carbocycles. The smallest absolute Gasteiger partial charge is 0.0562 e. The van der Waals surface area contributed by atoms with Crippen molar-refractivity contribution in [3.05, 3.63) is 24.0 Å². The molecule has 1 aliphatic rings. The molecule has 1 saturated heterocycles. The summed E-state index contributed by atoms with van der Waals surface area (Å²) in [5.74, 6) is 0.876. The number of aromatic nitrogens is 1. The zero-order valence-electron chi connectivity index (χ0n) is 10.2. The number of nitrogens with zero attached hydrogens (tertiary/aromatic N) is 2. The Morgan fingerprint density at radius 2 is 2.44 bits per heavy atom. The first kappa shape index (κ1) is 11.4. The van der Waals surface area contributed by atoms with Gasteiger partial charge in [0.25, 0.3) is 0 Å². The lowest BCUT2D eigenvalue weighted by Crippen LogP contribution is -2.20. The largest absolute Gasteiger partial charge is 0.371 e. The fraction of sp³-hybridized carbons (Fsp3) is 0.615. The van der Waals surface area contributed by atoms with Crippen LogP contribution < -0.4 is 10.2 Å². The van der Waals surface area contributed by atoms with Gasteiger partial charge < -0.3 is 10.2 Å². The molecule has 0 saturated carbocycles. The molecule has 0 spiro atoms. The predicted molar refractivity (Wildman–Crippen MR) is 67.6 cm³/mol. The van der Waals surface area contributed by atoms with Crippen LogP contribution in [0.3, 0.4) is 0 Å².